The monoisotopic (exact) mass is 254 g/mol. The van der Waals surface area contributed by atoms with Gasteiger partial charge in [0, 0.05) is 25.7 Å². The van der Waals surface area contributed by atoms with Crippen molar-refractivity contribution in [3.05, 3.63) is 0 Å². The number of ether oxygens (including phenoxy) is 1. The van der Waals surface area contributed by atoms with Crippen molar-refractivity contribution < 1.29 is 9.53 Å². The van der Waals surface area contributed by atoms with E-state index in [2.05, 4.69) is 17.1 Å². The number of nitrogens with one attached hydrogen (secondary N) is 1. The second-order valence-corrected chi connectivity index (χ2v) is 5.62. The van der Waals surface area contributed by atoms with E-state index < -0.39 is 0 Å². The molecule has 0 radical (unpaired) electrons. The molecule has 1 atom stereocenters. The van der Waals surface area contributed by atoms with Crippen LogP contribution in [0, 0.1) is 5.92 Å². The molecule has 2 fully saturated rings. The predicted octanol–water partition coefficient (Wildman–Crippen LogP) is 1.40. The Morgan fingerprint density at radius 3 is 2.72 bits per heavy atom. The maximum atomic E-state index is 12.0. The molecular formula is C14H26N2O2. The molecule has 1 aliphatic carbocycles. The Hall–Kier alpha value is -0.610. The van der Waals surface area contributed by atoms with E-state index in [4.69, 9.17) is 4.74 Å². The highest BCUT2D eigenvalue weighted by molar-refractivity contribution is 5.76. The van der Waals surface area contributed by atoms with E-state index in [0.29, 0.717) is 12.6 Å². The topological polar surface area (TPSA) is 41.6 Å². The van der Waals surface area contributed by atoms with Crippen LogP contribution in [0.25, 0.3) is 0 Å². The molecule has 1 saturated carbocycles. The number of piperazine rings is 1. The molecule has 1 aliphatic heterocycles. The third kappa shape index (κ3) is 3.23. The van der Waals surface area contributed by atoms with E-state index in [1.165, 1.54) is 25.7 Å². The smallest absolute Gasteiger partial charge is 0.324 e. The largest absolute Gasteiger partial charge is 0.465 e. The summed E-state index contributed by atoms with van der Waals surface area (Å²) >= 11 is 0. The van der Waals surface area contributed by atoms with Gasteiger partial charge >= 0.3 is 5.97 Å². The lowest BCUT2D eigenvalue weighted by molar-refractivity contribution is -0.151. The fraction of sp³-hybridized carbons (Fsp3) is 0.929. The van der Waals surface area contributed by atoms with E-state index >= 15 is 0 Å². The van der Waals surface area contributed by atoms with Crippen molar-refractivity contribution in [3.63, 3.8) is 0 Å². The van der Waals surface area contributed by atoms with Crippen molar-refractivity contribution in [1.29, 1.82) is 0 Å². The summed E-state index contributed by atoms with van der Waals surface area (Å²) < 4.78 is 5.20. The summed E-state index contributed by atoms with van der Waals surface area (Å²) in [6, 6.07) is 0.509. The van der Waals surface area contributed by atoms with Gasteiger partial charge in [-0.25, -0.2) is 0 Å². The Kier molecular flexibility index (Phi) is 5.01. The van der Waals surface area contributed by atoms with E-state index in [1.54, 1.807) is 0 Å². The van der Waals surface area contributed by atoms with Gasteiger partial charge in [-0.05, 0) is 38.5 Å². The summed E-state index contributed by atoms with van der Waals surface area (Å²) in [5.41, 5.74) is 0. The highest BCUT2D eigenvalue weighted by Crippen LogP contribution is 2.28. The summed E-state index contributed by atoms with van der Waals surface area (Å²) in [4.78, 5) is 14.4. The molecule has 0 amide bonds. The average molecular weight is 254 g/mol. The van der Waals surface area contributed by atoms with Gasteiger partial charge in [-0.1, -0.05) is 6.92 Å². The zero-order chi connectivity index (χ0) is 13.0. The van der Waals surface area contributed by atoms with E-state index in [0.717, 1.165) is 25.6 Å². The van der Waals surface area contributed by atoms with Crippen LogP contribution >= 0.6 is 0 Å². The molecule has 1 unspecified atom stereocenters. The molecule has 2 rings (SSSR count). The SMILES string of the molecule is CCOC(=O)C1CNCCN1C1CCC(C)CC1. The van der Waals surface area contributed by atoms with Crippen LogP contribution in [0.1, 0.15) is 39.5 Å². The molecule has 1 saturated heterocycles. The molecule has 0 aromatic rings. The van der Waals surface area contributed by atoms with Gasteiger partial charge in [-0.2, -0.15) is 0 Å². The molecule has 104 valence electrons. The summed E-state index contributed by atoms with van der Waals surface area (Å²) in [7, 11) is 0. The molecule has 2 aliphatic rings. The first-order chi connectivity index (χ1) is 8.72. The number of esters is 1. The van der Waals surface area contributed by atoms with Crippen molar-refractivity contribution in [1.82, 2.24) is 10.2 Å². The molecule has 0 aromatic carbocycles. The first-order valence-corrected chi connectivity index (χ1v) is 7.35. The summed E-state index contributed by atoms with van der Waals surface area (Å²) in [5, 5.41) is 3.31. The number of rotatable bonds is 3. The van der Waals surface area contributed by atoms with Crippen LogP contribution in [0.4, 0.5) is 0 Å². The quantitative estimate of drug-likeness (QED) is 0.773. The Balaban J connectivity index is 1.96. The number of carbonyl (C=O) groups excluding carboxylic acids is 1. The van der Waals surface area contributed by atoms with Gasteiger partial charge in [0.2, 0.25) is 0 Å². The van der Waals surface area contributed by atoms with Crippen molar-refractivity contribution in [3.8, 4) is 0 Å². The third-order valence-corrected chi connectivity index (χ3v) is 4.30. The maximum Gasteiger partial charge on any atom is 0.324 e. The van der Waals surface area contributed by atoms with E-state index in [9.17, 15) is 4.79 Å². The number of hydrogen-bond acceptors (Lipinski definition) is 4. The highest BCUT2D eigenvalue weighted by Gasteiger charge is 2.35. The maximum absolute atomic E-state index is 12.0. The first kappa shape index (κ1) is 13.8. The lowest BCUT2D eigenvalue weighted by Crippen LogP contribution is -2.59. The molecule has 0 bridgehead atoms. The zero-order valence-electron chi connectivity index (χ0n) is 11.7. The normalized spacial score (nSPS) is 34.2. The molecule has 0 aromatic heterocycles. The Morgan fingerprint density at radius 1 is 1.33 bits per heavy atom. The van der Waals surface area contributed by atoms with Crippen LogP contribution in [-0.2, 0) is 9.53 Å². The van der Waals surface area contributed by atoms with Crippen LogP contribution in [0.2, 0.25) is 0 Å². The van der Waals surface area contributed by atoms with E-state index in [1.807, 2.05) is 6.92 Å². The summed E-state index contributed by atoms with van der Waals surface area (Å²) in [5.74, 6) is 0.800. The second kappa shape index (κ2) is 6.53. The molecule has 1 heterocycles. The number of hydrogen-bond donors (Lipinski definition) is 1. The third-order valence-electron chi connectivity index (χ3n) is 4.30. The predicted molar refractivity (Wildman–Crippen MR) is 71.4 cm³/mol. The number of carbonyl (C=O) groups is 1. The second-order valence-electron chi connectivity index (χ2n) is 5.62. The van der Waals surface area contributed by atoms with Crippen LogP contribution in [-0.4, -0.2) is 49.2 Å². The Labute approximate surface area is 110 Å². The number of nitrogens with zero attached hydrogens (tertiary/aromatic N) is 1. The standard InChI is InChI=1S/C14H26N2O2/c1-3-18-14(17)13-10-15-8-9-16(13)12-6-4-11(2)5-7-12/h11-13,15H,3-10H2,1-2H3. The average Bonchev–Trinajstić information content (AvgIpc) is 2.40. The minimum absolute atomic E-state index is 0.0525. The van der Waals surface area contributed by atoms with Gasteiger partial charge in [0.25, 0.3) is 0 Å². The molecule has 0 spiro atoms. The zero-order valence-corrected chi connectivity index (χ0v) is 11.7. The van der Waals surface area contributed by atoms with Crippen molar-refractivity contribution >= 4 is 5.97 Å². The fourth-order valence-corrected chi connectivity index (χ4v) is 3.19. The minimum Gasteiger partial charge on any atom is -0.465 e. The Bertz CT molecular complexity index is 275. The lowest BCUT2D eigenvalue weighted by atomic mass is 9.85. The molecule has 4 heteroatoms. The molecule has 4 nitrogen and oxygen atoms in total. The summed E-state index contributed by atoms with van der Waals surface area (Å²) in [6.07, 6.45) is 5.06. The first-order valence-electron chi connectivity index (χ1n) is 7.35. The van der Waals surface area contributed by atoms with Gasteiger partial charge in [0.05, 0.1) is 6.61 Å². The lowest BCUT2D eigenvalue weighted by Gasteiger charge is -2.42. The van der Waals surface area contributed by atoms with Crippen LogP contribution < -0.4 is 5.32 Å². The highest BCUT2D eigenvalue weighted by atomic mass is 16.5. The van der Waals surface area contributed by atoms with Crippen molar-refractivity contribution in [2.45, 2.75) is 51.6 Å². The van der Waals surface area contributed by atoms with Crippen LogP contribution in [0.15, 0.2) is 0 Å². The molecular weight excluding hydrogens is 228 g/mol. The van der Waals surface area contributed by atoms with Crippen molar-refractivity contribution in [2.75, 3.05) is 26.2 Å². The van der Waals surface area contributed by atoms with Crippen LogP contribution in [0.3, 0.4) is 0 Å². The van der Waals surface area contributed by atoms with Crippen LogP contribution in [0.5, 0.6) is 0 Å². The molecule has 1 N–H and O–H groups in total. The van der Waals surface area contributed by atoms with E-state index in [-0.39, 0.29) is 12.0 Å². The fourth-order valence-electron chi connectivity index (χ4n) is 3.19. The van der Waals surface area contributed by atoms with Gasteiger partial charge in [0.15, 0.2) is 0 Å². The van der Waals surface area contributed by atoms with Gasteiger partial charge in [0.1, 0.15) is 6.04 Å². The van der Waals surface area contributed by atoms with Gasteiger partial charge in [-0.15, -0.1) is 0 Å². The summed E-state index contributed by atoms with van der Waals surface area (Å²) in [6.45, 7) is 7.39. The van der Waals surface area contributed by atoms with Gasteiger partial charge < -0.3 is 10.1 Å². The van der Waals surface area contributed by atoms with Gasteiger partial charge in [-0.3, -0.25) is 9.69 Å². The molecule has 18 heavy (non-hydrogen) atoms. The minimum atomic E-state index is -0.0721. The van der Waals surface area contributed by atoms with Crippen molar-refractivity contribution in [2.24, 2.45) is 5.92 Å². The Morgan fingerprint density at radius 2 is 2.06 bits per heavy atom.